The number of aliphatic hydroxyl groups excluding tert-OH is 1. The predicted octanol–water partition coefficient (Wildman–Crippen LogP) is 3.18. The van der Waals surface area contributed by atoms with E-state index in [0.717, 1.165) is 35.9 Å². The van der Waals surface area contributed by atoms with Crippen LogP contribution in [0.15, 0.2) is 0 Å². The Morgan fingerprint density at radius 1 is 0.794 bits per heavy atom. The van der Waals surface area contributed by atoms with Crippen LogP contribution in [0.1, 0.15) is 104 Å². The summed E-state index contributed by atoms with van der Waals surface area (Å²) in [6.07, 6.45) is 17.8. The maximum Gasteiger partial charge on any atom is 0.180 e. The molecule has 0 aliphatic heterocycles. The van der Waals surface area contributed by atoms with E-state index >= 15 is 0 Å². The van der Waals surface area contributed by atoms with Gasteiger partial charge in [0.05, 0.1) is 47.6 Å². The number of hydrogen-bond acceptors (Lipinski definition) is 4. The summed E-state index contributed by atoms with van der Waals surface area (Å²) < 4.78 is 18.1. The standard InChI is InChI=1S/C28H58NO4.ClH/c1-6-7-8-9-10-11-13-18-27(26-16-14-12-15-17-26)19-21-33-28(30)25(2)32-24-23-31-22-20-29(3,4)5;/h25-28,30H,6-24H2,1-5H3;1H/q+1;/p-1. The molecule has 0 spiro atoms. The molecule has 1 aliphatic carbocycles. The molecule has 206 valence electrons. The molecule has 0 aromatic rings. The van der Waals surface area contributed by atoms with Crippen LogP contribution >= 0.6 is 0 Å². The highest BCUT2D eigenvalue weighted by Crippen LogP contribution is 2.35. The van der Waals surface area contributed by atoms with E-state index in [1.165, 1.54) is 83.5 Å². The molecular formula is C28H58ClNO4. The van der Waals surface area contributed by atoms with Crippen molar-refractivity contribution in [2.45, 2.75) is 116 Å². The Kier molecular flexibility index (Phi) is 21.3. The summed E-state index contributed by atoms with van der Waals surface area (Å²) in [5, 5.41) is 10.4. The fourth-order valence-electron chi connectivity index (χ4n) is 4.88. The van der Waals surface area contributed by atoms with Crippen molar-refractivity contribution in [1.82, 2.24) is 0 Å². The molecular weight excluding hydrogens is 450 g/mol. The molecule has 0 bridgehead atoms. The number of halogens is 1. The number of nitrogens with zero attached hydrogens (tertiary/aromatic N) is 1. The Hall–Kier alpha value is 0.0900. The molecule has 0 saturated heterocycles. The number of hydrogen-bond donors (Lipinski definition) is 1. The summed E-state index contributed by atoms with van der Waals surface area (Å²) in [7, 11) is 6.47. The molecule has 0 aromatic carbocycles. The molecule has 1 saturated carbocycles. The Labute approximate surface area is 218 Å². The lowest BCUT2D eigenvalue weighted by Gasteiger charge is -2.31. The molecule has 34 heavy (non-hydrogen) atoms. The van der Waals surface area contributed by atoms with Gasteiger partial charge in [0, 0.05) is 0 Å². The molecule has 0 aromatic heterocycles. The monoisotopic (exact) mass is 507 g/mol. The van der Waals surface area contributed by atoms with Gasteiger partial charge < -0.3 is 36.2 Å². The maximum absolute atomic E-state index is 10.4. The summed E-state index contributed by atoms with van der Waals surface area (Å²) in [4.78, 5) is 0. The van der Waals surface area contributed by atoms with E-state index in [4.69, 9.17) is 14.2 Å². The second-order valence-electron chi connectivity index (χ2n) is 11.3. The first-order chi connectivity index (χ1) is 15.8. The van der Waals surface area contributed by atoms with Crippen LogP contribution in [0, 0.1) is 11.8 Å². The zero-order chi connectivity index (χ0) is 24.4. The van der Waals surface area contributed by atoms with Crippen molar-refractivity contribution in [3.8, 4) is 0 Å². The molecule has 0 amide bonds. The first kappa shape index (κ1) is 34.1. The summed E-state index contributed by atoms with van der Waals surface area (Å²) in [6, 6.07) is 0. The second kappa shape index (κ2) is 21.2. The minimum Gasteiger partial charge on any atom is -1.00 e. The van der Waals surface area contributed by atoms with E-state index in [-0.39, 0.29) is 18.5 Å². The van der Waals surface area contributed by atoms with Gasteiger partial charge in [0.1, 0.15) is 12.6 Å². The minimum atomic E-state index is -0.859. The number of ether oxygens (including phenoxy) is 3. The third-order valence-corrected chi connectivity index (χ3v) is 7.19. The normalized spacial score (nSPS) is 17.8. The topological polar surface area (TPSA) is 47.9 Å². The van der Waals surface area contributed by atoms with E-state index in [1.807, 2.05) is 6.92 Å². The Balaban J connectivity index is 0.0000109. The van der Waals surface area contributed by atoms with E-state index in [0.29, 0.717) is 19.8 Å². The van der Waals surface area contributed by atoms with E-state index in [2.05, 4.69) is 28.1 Å². The largest absolute Gasteiger partial charge is 1.00 e. The number of rotatable bonds is 21. The van der Waals surface area contributed by atoms with Gasteiger partial charge in [-0.25, -0.2) is 0 Å². The number of unbranched alkanes of at least 4 members (excludes halogenated alkanes) is 6. The average Bonchev–Trinajstić information content (AvgIpc) is 2.79. The van der Waals surface area contributed by atoms with Gasteiger partial charge in [-0.1, -0.05) is 90.4 Å². The lowest BCUT2D eigenvalue weighted by molar-refractivity contribution is -0.870. The van der Waals surface area contributed by atoms with Gasteiger partial charge >= 0.3 is 0 Å². The zero-order valence-corrected chi connectivity index (χ0v) is 24.0. The summed E-state index contributed by atoms with van der Waals surface area (Å²) >= 11 is 0. The molecule has 3 atom stereocenters. The quantitative estimate of drug-likeness (QED) is 0.147. The Bertz CT molecular complexity index is 441. The van der Waals surface area contributed by atoms with E-state index in [9.17, 15) is 5.11 Å². The highest BCUT2D eigenvalue weighted by atomic mass is 35.5. The summed E-state index contributed by atoms with van der Waals surface area (Å²) in [5.41, 5.74) is 0. The van der Waals surface area contributed by atoms with Gasteiger partial charge in [-0.05, 0) is 25.2 Å². The third kappa shape index (κ3) is 18.4. The second-order valence-corrected chi connectivity index (χ2v) is 11.3. The predicted molar refractivity (Wildman–Crippen MR) is 138 cm³/mol. The van der Waals surface area contributed by atoms with Crippen molar-refractivity contribution in [2.24, 2.45) is 11.8 Å². The van der Waals surface area contributed by atoms with Crippen molar-refractivity contribution >= 4 is 0 Å². The van der Waals surface area contributed by atoms with Gasteiger partial charge in [0.15, 0.2) is 6.29 Å². The van der Waals surface area contributed by atoms with Crippen LogP contribution in [0.2, 0.25) is 0 Å². The van der Waals surface area contributed by atoms with Crippen LogP contribution in [-0.4, -0.2) is 76.1 Å². The smallest absolute Gasteiger partial charge is 0.180 e. The molecule has 5 nitrogen and oxygen atoms in total. The summed E-state index contributed by atoms with van der Waals surface area (Å²) in [5.74, 6) is 1.61. The average molecular weight is 508 g/mol. The fraction of sp³-hybridized carbons (Fsp3) is 1.00. The van der Waals surface area contributed by atoms with Crippen molar-refractivity contribution in [2.75, 3.05) is 54.1 Å². The zero-order valence-electron chi connectivity index (χ0n) is 23.2. The fourth-order valence-corrected chi connectivity index (χ4v) is 4.88. The van der Waals surface area contributed by atoms with Crippen LogP contribution < -0.4 is 12.4 Å². The molecule has 1 fully saturated rings. The van der Waals surface area contributed by atoms with Crippen molar-refractivity contribution < 1.29 is 36.2 Å². The van der Waals surface area contributed by atoms with Gasteiger partial charge in [0.2, 0.25) is 0 Å². The first-order valence-electron chi connectivity index (χ1n) is 14.1. The number of quaternary nitrogens is 1. The van der Waals surface area contributed by atoms with Crippen LogP contribution in [-0.2, 0) is 14.2 Å². The summed E-state index contributed by atoms with van der Waals surface area (Å²) in [6.45, 7) is 7.54. The number of likely N-dealkylation sites (N-methyl/N-ethyl adjacent to an activating group) is 1. The van der Waals surface area contributed by atoms with Gasteiger partial charge in [-0.15, -0.1) is 0 Å². The highest BCUT2D eigenvalue weighted by molar-refractivity contribution is 4.74. The highest BCUT2D eigenvalue weighted by Gasteiger charge is 2.24. The molecule has 1 aliphatic rings. The van der Waals surface area contributed by atoms with Gasteiger partial charge in [0.25, 0.3) is 0 Å². The molecule has 0 heterocycles. The molecule has 3 unspecified atom stereocenters. The van der Waals surface area contributed by atoms with Crippen molar-refractivity contribution in [1.29, 1.82) is 0 Å². The van der Waals surface area contributed by atoms with Crippen LogP contribution in [0.3, 0.4) is 0 Å². The van der Waals surface area contributed by atoms with Crippen LogP contribution in [0.5, 0.6) is 0 Å². The molecule has 6 heteroatoms. The van der Waals surface area contributed by atoms with Crippen LogP contribution in [0.4, 0.5) is 0 Å². The lowest BCUT2D eigenvalue weighted by Crippen LogP contribution is -3.00. The number of aliphatic hydroxyl groups is 1. The third-order valence-electron chi connectivity index (χ3n) is 7.19. The minimum absolute atomic E-state index is 0. The van der Waals surface area contributed by atoms with Crippen molar-refractivity contribution in [3.05, 3.63) is 0 Å². The van der Waals surface area contributed by atoms with E-state index in [1.54, 1.807) is 0 Å². The Morgan fingerprint density at radius 2 is 1.44 bits per heavy atom. The van der Waals surface area contributed by atoms with Gasteiger partial charge in [-0.3, -0.25) is 0 Å². The molecule has 1 rings (SSSR count). The van der Waals surface area contributed by atoms with Crippen LogP contribution in [0.25, 0.3) is 0 Å². The van der Waals surface area contributed by atoms with Crippen molar-refractivity contribution in [3.63, 3.8) is 0 Å². The lowest BCUT2D eigenvalue weighted by atomic mass is 9.76. The van der Waals surface area contributed by atoms with Gasteiger partial charge in [-0.2, -0.15) is 0 Å². The first-order valence-corrected chi connectivity index (χ1v) is 14.1. The maximum atomic E-state index is 10.4. The van der Waals surface area contributed by atoms with E-state index < -0.39 is 6.29 Å². The Morgan fingerprint density at radius 3 is 2.09 bits per heavy atom. The SMILES string of the molecule is CCCCCCCCCC(CCOC(O)C(C)OCCOCC[N+](C)(C)C)C1CCCCC1.[Cl-]. The molecule has 1 N–H and O–H groups in total. The molecule has 0 radical (unpaired) electrons.